The molecule has 0 saturated carbocycles. The fourth-order valence-corrected chi connectivity index (χ4v) is 8.15. The summed E-state index contributed by atoms with van der Waals surface area (Å²) in [6.07, 6.45) is 4.59. The van der Waals surface area contributed by atoms with Crippen LogP contribution in [0, 0.1) is 0 Å². The van der Waals surface area contributed by atoms with E-state index in [4.69, 9.17) is 99.7 Å². The Bertz CT molecular complexity index is 2560. The SMILES string of the molecule is COCCOCCOCCOCCOCCOCCOCCOCCOc1ccccc1-c1cc(C=Nc2cccnc2/N=C/c2cc(-c3ccccc3OCCOCCOCCOCCOCCOCCOCCOCCOC)cc(OC)c2O)c(O)c(OC)c1. The zero-order valence-corrected chi connectivity index (χ0v) is 53.8. The van der Waals surface area contributed by atoms with E-state index in [1.165, 1.54) is 26.6 Å². The van der Waals surface area contributed by atoms with Gasteiger partial charge in [-0.05, 0) is 59.7 Å². The summed E-state index contributed by atoms with van der Waals surface area (Å²) in [6, 6.07) is 25.6. The van der Waals surface area contributed by atoms with Crippen LogP contribution in [0.5, 0.6) is 34.5 Å². The van der Waals surface area contributed by atoms with Crippen molar-refractivity contribution in [2.24, 2.45) is 9.98 Å². The van der Waals surface area contributed by atoms with Gasteiger partial charge < -0.3 is 105 Å². The van der Waals surface area contributed by atoms with Crippen molar-refractivity contribution in [3.8, 4) is 56.8 Å². The molecule has 0 saturated heterocycles. The molecule has 0 radical (unpaired) electrons. The lowest BCUT2D eigenvalue weighted by Gasteiger charge is -2.15. The van der Waals surface area contributed by atoms with E-state index in [2.05, 4.69) is 9.98 Å². The first-order valence-corrected chi connectivity index (χ1v) is 30.8. The largest absolute Gasteiger partial charge is 0.504 e. The summed E-state index contributed by atoms with van der Waals surface area (Å²) < 4.78 is 111. The van der Waals surface area contributed by atoms with E-state index >= 15 is 0 Å². The Morgan fingerprint density at radius 3 is 0.935 bits per heavy atom. The molecule has 0 aliphatic rings. The predicted octanol–water partition coefficient (Wildman–Crippen LogP) is 7.63. The highest BCUT2D eigenvalue weighted by Gasteiger charge is 2.17. The normalized spacial score (nSPS) is 11.6. The number of pyridine rings is 1. The van der Waals surface area contributed by atoms with Crippen molar-refractivity contribution in [3.05, 3.63) is 102 Å². The average Bonchev–Trinajstić information content (AvgIpc) is 0.910. The molecule has 25 nitrogen and oxygen atoms in total. The molecule has 0 aliphatic heterocycles. The van der Waals surface area contributed by atoms with E-state index in [1.54, 1.807) is 56.8 Å². The predicted molar refractivity (Wildman–Crippen MR) is 345 cm³/mol. The van der Waals surface area contributed by atoms with Crippen molar-refractivity contribution < 1.29 is 105 Å². The van der Waals surface area contributed by atoms with Crippen molar-refractivity contribution in [1.29, 1.82) is 0 Å². The van der Waals surface area contributed by atoms with Gasteiger partial charge in [-0.3, -0.25) is 4.99 Å². The van der Waals surface area contributed by atoms with Gasteiger partial charge in [0.1, 0.15) is 30.4 Å². The molecule has 1 aromatic heterocycles. The second kappa shape index (κ2) is 51.0. The number of aliphatic imine (C=N–C) groups is 2. The van der Waals surface area contributed by atoms with Crippen molar-refractivity contribution >= 4 is 23.9 Å². The number of phenols is 2. The molecule has 0 aliphatic carbocycles. The summed E-state index contributed by atoms with van der Waals surface area (Å²) in [5.41, 5.74) is 4.05. The van der Waals surface area contributed by atoms with E-state index in [0.29, 0.717) is 238 Å². The molecule has 510 valence electrons. The third-order valence-electron chi connectivity index (χ3n) is 12.8. The summed E-state index contributed by atoms with van der Waals surface area (Å²) in [7, 11) is 6.23. The standard InChI is InChI=1S/C67H95N3O22/c1-73-16-18-77-20-22-79-24-26-81-28-30-83-32-34-85-36-38-87-40-42-89-44-46-91-61-13-7-5-10-58(61)54-48-56(65(71)63(50-54)75-3)52-69-60-12-9-15-68-67(60)70-53-57-49-55(51-64(76-4)66(57)72)59-11-6-8-14-62(59)92-47-45-90-43-41-88-39-37-86-35-33-84-31-29-82-27-25-80-23-21-78-19-17-74-2/h5-15,48-53,71-72H,16-47H2,1-4H3/b69-52?,70-53+. The lowest BCUT2D eigenvalue weighted by Crippen LogP contribution is -2.15. The van der Waals surface area contributed by atoms with Crippen LogP contribution < -0.4 is 18.9 Å². The fraction of sp³-hybridized carbons (Fsp3) is 0.537. The van der Waals surface area contributed by atoms with Gasteiger partial charge in [0.15, 0.2) is 28.8 Å². The van der Waals surface area contributed by atoms with Crippen molar-refractivity contribution in [1.82, 2.24) is 4.98 Å². The summed E-state index contributed by atoms with van der Waals surface area (Å²) in [6.45, 7) is 14.6. The van der Waals surface area contributed by atoms with Gasteiger partial charge in [-0.15, -0.1) is 0 Å². The number of para-hydroxylation sites is 2. The molecule has 0 bridgehead atoms. The maximum Gasteiger partial charge on any atom is 0.178 e. The molecule has 0 unspecified atom stereocenters. The Labute approximate surface area is 540 Å². The molecular formula is C67H95N3O22. The first kappa shape index (κ1) is 76.2. The van der Waals surface area contributed by atoms with Crippen molar-refractivity contribution in [3.63, 3.8) is 0 Å². The topological polar surface area (TPSA) is 263 Å². The van der Waals surface area contributed by atoms with E-state index in [9.17, 15) is 10.2 Å². The number of hydrogen-bond donors (Lipinski definition) is 2. The van der Waals surface area contributed by atoms with Crippen LogP contribution in [0.2, 0.25) is 0 Å². The van der Waals surface area contributed by atoms with E-state index in [0.717, 1.165) is 11.1 Å². The van der Waals surface area contributed by atoms with E-state index in [1.807, 2.05) is 48.5 Å². The zero-order valence-electron chi connectivity index (χ0n) is 53.8. The Morgan fingerprint density at radius 2 is 0.620 bits per heavy atom. The number of hydrogen-bond acceptors (Lipinski definition) is 25. The van der Waals surface area contributed by atoms with Gasteiger partial charge >= 0.3 is 0 Å². The van der Waals surface area contributed by atoms with Gasteiger partial charge in [0.05, 0.1) is 212 Å². The molecule has 0 amide bonds. The summed E-state index contributed by atoms with van der Waals surface area (Å²) >= 11 is 0. The fourth-order valence-electron chi connectivity index (χ4n) is 8.15. The Kier molecular flexibility index (Phi) is 42.3. The van der Waals surface area contributed by atoms with Crippen LogP contribution in [0.3, 0.4) is 0 Å². The number of aromatic nitrogens is 1. The van der Waals surface area contributed by atoms with Gasteiger partial charge in [-0.2, -0.15) is 0 Å². The van der Waals surface area contributed by atoms with Crippen molar-refractivity contribution in [2.45, 2.75) is 0 Å². The quantitative estimate of drug-likeness (QED) is 0.0280. The Balaban J connectivity index is 1.00. The van der Waals surface area contributed by atoms with Gasteiger partial charge in [0.2, 0.25) is 0 Å². The lowest BCUT2D eigenvalue weighted by molar-refractivity contribution is -0.0227. The second-order valence-corrected chi connectivity index (χ2v) is 19.3. The first-order valence-electron chi connectivity index (χ1n) is 30.8. The highest BCUT2D eigenvalue weighted by atomic mass is 16.6. The van der Waals surface area contributed by atoms with Crippen molar-refractivity contribution in [2.75, 3.05) is 240 Å². The minimum atomic E-state index is -0.121. The number of benzene rings is 4. The van der Waals surface area contributed by atoms with Crippen LogP contribution in [0.1, 0.15) is 11.1 Å². The minimum Gasteiger partial charge on any atom is -0.504 e. The van der Waals surface area contributed by atoms with Gasteiger partial charge in [-0.25, -0.2) is 9.98 Å². The molecule has 4 aromatic carbocycles. The smallest absolute Gasteiger partial charge is 0.178 e. The molecule has 1 heterocycles. The van der Waals surface area contributed by atoms with Crippen LogP contribution in [0.15, 0.2) is 101 Å². The first-order chi connectivity index (χ1) is 45.5. The van der Waals surface area contributed by atoms with Crippen LogP contribution in [0.4, 0.5) is 11.5 Å². The summed E-state index contributed by atoms with van der Waals surface area (Å²) in [5, 5.41) is 22.6. The highest BCUT2D eigenvalue weighted by molar-refractivity contribution is 5.93. The monoisotopic (exact) mass is 1290 g/mol. The number of rotatable bonds is 58. The zero-order chi connectivity index (χ0) is 65.0. The Morgan fingerprint density at radius 1 is 0.326 bits per heavy atom. The molecule has 0 spiro atoms. The lowest BCUT2D eigenvalue weighted by atomic mass is 10.0. The van der Waals surface area contributed by atoms with Crippen LogP contribution in [-0.2, 0) is 75.8 Å². The second-order valence-electron chi connectivity index (χ2n) is 19.3. The van der Waals surface area contributed by atoms with E-state index < -0.39 is 0 Å². The van der Waals surface area contributed by atoms with Crippen LogP contribution in [-0.4, -0.2) is 267 Å². The van der Waals surface area contributed by atoms with Crippen LogP contribution in [0.25, 0.3) is 22.3 Å². The maximum absolute atomic E-state index is 11.3. The Hall–Kier alpha value is -6.47. The molecule has 0 fully saturated rings. The minimum absolute atomic E-state index is 0.114. The number of phenolic OH excluding ortho intramolecular Hbond substituents is 2. The van der Waals surface area contributed by atoms with Gasteiger partial charge in [0, 0.05) is 55.1 Å². The van der Waals surface area contributed by atoms with E-state index in [-0.39, 0.29) is 42.0 Å². The number of nitrogens with zero attached hydrogens (tertiary/aromatic N) is 3. The van der Waals surface area contributed by atoms with Gasteiger partial charge in [-0.1, -0.05) is 36.4 Å². The molecule has 5 aromatic rings. The molecule has 2 N–H and O–H groups in total. The molecule has 92 heavy (non-hydrogen) atoms. The molecule has 0 atom stereocenters. The summed E-state index contributed by atoms with van der Waals surface area (Å²) in [5.74, 6) is 1.69. The third-order valence-corrected chi connectivity index (χ3v) is 12.8. The maximum atomic E-state index is 11.3. The average molecular weight is 1290 g/mol. The van der Waals surface area contributed by atoms with Gasteiger partial charge in [0.25, 0.3) is 0 Å². The molecule has 25 heteroatoms. The number of methoxy groups -OCH3 is 4. The summed E-state index contributed by atoms with van der Waals surface area (Å²) in [4.78, 5) is 13.9. The highest BCUT2D eigenvalue weighted by Crippen LogP contribution is 2.40. The molecule has 5 rings (SSSR count). The van der Waals surface area contributed by atoms with Crippen LogP contribution >= 0.6 is 0 Å². The number of aromatic hydroxyl groups is 2. The third kappa shape index (κ3) is 32.4. The molecular weight excluding hydrogens is 1200 g/mol. The number of ether oxygens (including phenoxy) is 20.